The quantitative estimate of drug-likeness (QED) is 0.532. The van der Waals surface area contributed by atoms with Crippen LogP contribution in [0.3, 0.4) is 0 Å². The van der Waals surface area contributed by atoms with Gasteiger partial charge in [-0.1, -0.05) is 24.3 Å². The Morgan fingerprint density at radius 3 is 2.49 bits per heavy atom. The van der Waals surface area contributed by atoms with Crippen LogP contribution in [0.1, 0.15) is 22.3 Å². The molecule has 12 heteroatoms. The van der Waals surface area contributed by atoms with Gasteiger partial charge in [-0.3, -0.25) is 14.4 Å². The number of anilines is 1. The number of carbonyl (C=O) groups is 3. The molecule has 1 aromatic heterocycles. The smallest absolute Gasteiger partial charge is 0.366 e. The van der Waals surface area contributed by atoms with Crippen LogP contribution < -0.4 is 11.1 Å². The maximum absolute atomic E-state index is 14.3. The number of halogens is 5. The van der Waals surface area contributed by atoms with Crippen molar-refractivity contribution in [2.24, 2.45) is 5.73 Å². The van der Waals surface area contributed by atoms with Gasteiger partial charge in [-0.25, -0.2) is 8.78 Å². The molecule has 1 saturated heterocycles. The van der Waals surface area contributed by atoms with Crippen molar-refractivity contribution >= 4 is 34.3 Å². The zero-order chi connectivity index (χ0) is 25.5. The second-order valence-electron chi connectivity index (χ2n) is 8.10. The van der Waals surface area contributed by atoms with Crippen molar-refractivity contribution in [3.63, 3.8) is 0 Å². The van der Waals surface area contributed by atoms with Crippen LogP contribution in [0.2, 0.25) is 0 Å². The molecule has 184 valence electrons. The van der Waals surface area contributed by atoms with E-state index in [1.807, 2.05) is 5.32 Å². The van der Waals surface area contributed by atoms with E-state index in [4.69, 9.17) is 5.73 Å². The fourth-order valence-corrected chi connectivity index (χ4v) is 4.18. The van der Waals surface area contributed by atoms with E-state index >= 15 is 0 Å². The Hall–Kier alpha value is -3.96. The molecule has 35 heavy (non-hydrogen) atoms. The lowest BCUT2D eigenvalue weighted by molar-refractivity contribution is -0.140. The fourth-order valence-electron chi connectivity index (χ4n) is 4.18. The zero-order valence-electron chi connectivity index (χ0n) is 18.0. The van der Waals surface area contributed by atoms with E-state index in [-0.39, 0.29) is 12.1 Å². The number of nitrogens with one attached hydrogen (secondary N) is 1. The number of hydrogen-bond acceptors (Lipinski definition) is 3. The van der Waals surface area contributed by atoms with Gasteiger partial charge in [-0.15, -0.1) is 0 Å². The van der Waals surface area contributed by atoms with E-state index in [1.165, 1.54) is 10.8 Å². The highest BCUT2D eigenvalue weighted by atomic mass is 19.4. The number of aromatic nitrogens is 1. The largest absolute Gasteiger partial charge is 0.419 e. The summed E-state index contributed by atoms with van der Waals surface area (Å²) in [6, 6.07) is 7.67. The number of primary amides is 1. The first-order chi connectivity index (χ1) is 16.5. The van der Waals surface area contributed by atoms with E-state index in [1.54, 1.807) is 24.3 Å². The van der Waals surface area contributed by atoms with Crippen LogP contribution in [-0.4, -0.2) is 45.9 Å². The zero-order valence-corrected chi connectivity index (χ0v) is 18.0. The summed E-state index contributed by atoms with van der Waals surface area (Å²) in [5, 5.41) is 2.55. The highest BCUT2D eigenvalue weighted by Gasteiger charge is 2.41. The van der Waals surface area contributed by atoms with E-state index in [2.05, 4.69) is 0 Å². The van der Waals surface area contributed by atoms with Gasteiger partial charge < -0.3 is 20.5 Å². The van der Waals surface area contributed by atoms with E-state index in [0.29, 0.717) is 17.0 Å². The molecule has 7 nitrogen and oxygen atoms in total. The minimum Gasteiger partial charge on any atom is -0.366 e. The molecule has 0 spiro atoms. The van der Waals surface area contributed by atoms with Crippen LogP contribution in [-0.2, 0) is 22.3 Å². The van der Waals surface area contributed by atoms with Crippen LogP contribution in [0.25, 0.3) is 10.9 Å². The lowest BCUT2D eigenvalue weighted by atomic mass is 10.1. The van der Waals surface area contributed by atoms with Crippen molar-refractivity contribution in [3.05, 3.63) is 65.6 Å². The van der Waals surface area contributed by atoms with Crippen molar-refractivity contribution in [2.75, 3.05) is 11.9 Å². The summed E-state index contributed by atoms with van der Waals surface area (Å²) in [7, 11) is 0. The number of nitrogens with two attached hydrogens (primary N) is 1. The summed E-state index contributed by atoms with van der Waals surface area (Å²) in [6.07, 6.45) is -5.57. The summed E-state index contributed by atoms with van der Waals surface area (Å²) in [4.78, 5) is 38.5. The molecule has 4 rings (SSSR count). The predicted octanol–water partition coefficient (Wildman–Crippen LogP) is 3.48. The molecule has 1 fully saturated rings. The van der Waals surface area contributed by atoms with Gasteiger partial charge >= 0.3 is 6.18 Å². The predicted molar refractivity (Wildman–Crippen MR) is 116 cm³/mol. The Kier molecular flexibility index (Phi) is 6.22. The Morgan fingerprint density at radius 2 is 1.80 bits per heavy atom. The summed E-state index contributed by atoms with van der Waals surface area (Å²) >= 11 is 0. The number of amides is 3. The number of nitrogens with zero attached hydrogens (tertiary/aromatic N) is 2. The van der Waals surface area contributed by atoms with Gasteiger partial charge in [0, 0.05) is 23.5 Å². The van der Waals surface area contributed by atoms with Crippen molar-refractivity contribution in [1.82, 2.24) is 9.47 Å². The lowest BCUT2D eigenvalue weighted by Gasteiger charge is -2.24. The molecular weight excluding hydrogens is 475 g/mol. The first kappa shape index (κ1) is 24.2. The summed E-state index contributed by atoms with van der Waals surface area (Å²) in [5.74, 6) is -4.09. The Morgan fingerprint density at radius 1 is 1.09 bits per heavy atom. The number of fused-ring (bicyclic) bond motifs is 1. The third kappa shape index (κ3) is 4.68. The summed E-state index contributed by atoms with van der Waals surface area (Å²) in [6.45, 7) is -0.786. The maximum Gasteiger partial charge on any atom is 0.419 e. The molecule has 0 unspecified atom stereocenters. The van der Waals surface area contributed by atoms with Gasteiger partial charge in [0.1, 0.15) is 18.8 Å². The first-order valence-electron chi connectivity index (χ1n) is 10.4. The first-order valence-corrected chi connectivity index (χ1v) is 10.4. The van der Waals surface area contributed by atoms with Gasteiger partial charge in [-0.2, -0.15) is 13.2 Å². The number of likely N-dealkylation sites (tertiary alicyclic amines) is 1. The topological polar surface area (TPSA) is 97.4 Å². The van der Waals surface area contributed by atoms with Gasteiger partial charge in [-0.05, 0) is 18.2 Å². The van der Waals surface area contributed by atoms with Crippen molar-refractivity contribution in [3.8, 4) is 0 Å². The average Bonchev–Trinajstić information content (AvgIpc) is 3.35. The lowest BCUT2D eigenvalue weighted by Crippen LogP contribution is -2.44. The van der Waals surface area contributed by atoms with Crippen molar-refractivity contribution < 1.29 is 36.3 Å². The highest BCUT2D eigenvalue weighted by molar-refractivity contribution is 6.06. The Balaban J connectivity index is 1.56. The minimum atomic E-state index is -4.98. The number of benzene rings is 2. The van der Waals surface area contributed by atoms with Crippen LogP contribution in [0.4, 0.5) is 27.6 Å². The van der Waals surface area contributed by atoms with Crippen molar-refractivity contribution in [1.29, 1.82) is 0 Å². The monoisotopic (exact) mass is 494 g/mol. The van der Waals surface area contributed by atoms with Gasteiger partial charge in [0.2, 0.25) is 11.8 Å². The van der Waals surface area contributed by atoms with Gasteiger partial charge in [0.05, 0.1) is 23.4 Å². The third-order valence-electron chi connectivity index (χ3n) is 5.79. The van der Waals surface area contributed by atoms with Gasteiger partial charge in [0.25, 0.3) is 5.91 Å². The average molecular weight is 494 g/mol. The van der Waals surface area contributed by atoms with E-state index in [9.17, 15) is 36.3 Å². The highest BCUT2D eigenvalue weighted by Crippen LogP contribution is 2.34. The SMILES string of the molecule is NC(=O)c1cn(CC(=O)N2C[C@H](F)C[C@H]2C(=O)Nc2cccc(C(F)(F)F)c2F)c2ccccc12. The number of para-hydroxylation sites is 1. The maximum atomic E-state index is 14.3. The number of alkyl halides is 4. The fraction of sp³-hybridized carbons (Fsp3) is 0.261. The van der Waals surface area contributed by atoms with Crippen LogP contribution in [0, 0.1) is 5.82 Å². The number of hydrogen-bond donors (Lipinski definition) is 2. The molecule has 1 aliphatic heterocycles. The Labute approximate surface area is 195 Å². The minimum absolute atomic E-state index is 0.174. The van der Waals surface area contributed by atoms with E-state index < -0.39 is 66.1 Å². The number of rotatable bonds is 5. The second kappa shape index (κ2) is 9.01. The third-order valence-corrected chi connectivity index (χ3v) is 5.79. The molecule has 0 aliphatic carbocycles. The molecule has 3 aromatic rings. The number of carbonyl (C=O) groups excluding carboxylic acids is 3. The second-order valence-corrected chi connectivity index (χ2v) is 8.10. The molecule has 2 atom stereocenters. The normalized spacial score (nSPS) is 18.1. The molecule has 0 saturated carbocycles. The molecule has 2 aromatic carbocycles. The van der Waals surface area contributed by atoms with Gasteiger partial charge in [0.15, 0.2) is 5.82 Å². The molecule has 0 radical (unpaired) electrons. The molecular formula is C23H19F5N4O3. The van der Waals surface area contributed by atoms with Crippen molar-refractivity contribution in [2.45, 2.75) is 31.4 Å². The molecule has 1 aliphatic rings. The van der Waals surface area contributed by atoms with E-state index in [0.717, 1.165) is 17.0 Å². The molecule has 3 N–H and O–H groups in total. The van der Waals surface area contributed by atoms with Crippen LogP contribution in [0.15, 0.2) is 48.7 Å². The molecule has 2 heterocycles. The molecule has 0 bridgehead atoms. The standard InChI is InChI=1S/C23H19F5N4O3/c24-12-8-18(22(35)30-16-6-3-5-15(20(16)25)23(26,27)28)32(9-12)19(33)11-31-10-14(21(29)34)13-4-1-2-7-17(13)31/h1-7,10,12,18H,8-9,11H2,(H2,29,34)(H,30,35)/t12-,18+/m1/s1. The molecule has 3 amide bonds. The summed E-state index contributed by atoms with van der Waals surface area (Å²) in [5.41, 5.74) is 3.78. The van der Waals surface area contributed by atoms with Crippen LogP contribution in [0.5, 0.6) is 0 Å². The summed E-state index contributed by atoms with van der Waals surface area (Å²) < 4.78 is 68.9. The van der Waals surface area contributed by atoms with Crippen LogP contribution >= 0.6 is 0 Å². The Bertz CT molecular complexity index is 1320.